The Kier molecular flexibility index (Phi) is 8.12. The van der Waals surface area contributed by atoms with Crippen molar-refractivity contribution >= 4 is 36.8 Å². The van der Waals surface area contributed by atoms with Crippen molar-refractivity contribution in [2.75, 3.05) is 48.5 Å². The molecule has 0 spiro atoms. The lowest BCUT2D eigenvalue weighted by Crippen LogP contribution is -2.27. The predicted octanol–water partition coefficient (Wildman–Crippen LogP) is 3.42. The average molecular weight is 481 g/mol. The molecule has 0 aliphatic rings. The molecule has 2 aromatic rings. The van der Waals surface area contributed by atoms with Crippen LogP contribution in [0.25, 0.3) is 0 Å². The molecule has 2 rings (SSSR count). The SMILES string of the molecule is CCN(CC)c1ccc(S(C)(=O)=O)cc1C(=O)c1cc(S(C)(=O)=O)ccc1N(CC)CC. The van der Waals surface area contributed by atoms with Crippen LogP contribution in [0.4, 0.5) is 11.4 Å². The van der Waals surface area contributed by atoms with Crippen molar-refractivity contribution in [1.29, 1.82) is 0 Å². The molecule has 0 atom stereocenters. The van der Waals surface area contributed by atoms with Crippen LogP contribution in [0.15, 0.2) is 46.2 Å². The van der Waals surface area contributed by atoms with Gasteiger partial charge in [-0.3, -0.25) is 4.79 Å². The van der Waals surface area contributed by atoms with Gasteiger partial charge in [0.15, 0.2) is 25.5 Å². The maximum Gasteiger partial charge on any atom is 0.197 e. The summed E-state index contributed by atoms with van der Waals surface area (Å²) >= 11 is 0. The van der Waals surface area contributed by atoms with E-state index in [0.717, 1.165) is 12.5 Å². The second-order valence-electron chi connectivity index (χ2n) is 7.58. The standard InChI is InChI=1S/C23H32N2O5S2/c1-7-24(8-2)21-13-11-17(31(5,27)28)15-19(21)23(26)20-16-18(32(6,29)30)12-14-22(20)25(9-3)10-4/h11-16H,7-10H2,1-6H3. The number of hydrogen-bond donors (Lipinski definition) is 0. The van der Waals surface area contributed by atoms with E-state index in [4.69, 9.17) is 0 Å². The number of benzene rings is 2. The highest BCUT2D eigenvalue weighted by atomic mass is 32.2. The van der Waals surface area contributed by atoms with E-state index in [0.29, 0.717) is 37.6 Å². The van der Waals surface area contributed by atoms with Crippen LogP contribution >= 0.6 is 0 Å². The lowest BCUT2D eigenvalue weighted by molar-refractivity contribution is 0.103. The zero-order valence-corrected chi connectivity index (χ0v) is 21.2. The van der Waals surface area contributed by atoms with E-state index in [1.165, 1.54) is 24.3 Å². The molecule has 0 aliphatic heterocycles. The highest BCUT2D eigenvalue weighted by molar-refractivity contribution is 7.91. The van der Waals surface area contributed by atoms with E-state index in [9.17, 15) is 21.6 Å². The van der Waals surface area contributed by atoms with Gasteiger partial charge in [0.1, 0.15) is 0 Å². The van der Waals surface area contributed by atoms with E-state index in [1.807, 2.05) is 37.5 Å². The number of nitrogens with zero attached hydrogens (tertiary/aromatic N) is 2. The van der Waals surface area contributed by atoms with E-state index in [1.54, 1.807) is 12.1 Å². The Labute approximate surface area is 191 Å². The largest absolute Gasteiger partial charge is 0.371 e. The zero-order chi connectivity index (χ0) is 24.3. The quantitative estimate of drug-likeness (QED) is 0.481. The molecule has 0 aromatic heterocycles. The van der Waals surface area contributed by atoms with Gasteiger partial charge in [0.25, 0.3) is 0 Å². The van der Waals surface area contributed by atoms with Crippen molar-refractivity contribution in [3.8, 4) is 0 Å². The van der Waals surface area contributed by atoms with Crippen molar-refractivity contribution in [1.82, 2.24) is 0 Å². The first-order valence-corrected chi connectivity index (χ1v) is 14.4. The molecule has 0 saturated carbocycles. The maximum absolute atomic E-state index is 13.9. The Morgan fingerprint density at radius 3 is 1.22 bits per heavy atom. The van der Waals surface area contributed by atoms with Crippen molar-refractivity contribution in [2.24, 2.45) is 0 Å². The summed E-state index contributed by atoms with van der Waals surface area (Å²) in [6.07, 6.45) is 2.19. The number of hydrogen-bond acceptors (Lipinski definition) is 7. The van der Waals surface area contributed by atoms with Gasteiger partial charge < -0.3 is 9.80 Å². The molecule has 9 heteroatoms. The first-order valence-electron chi connectivity index (χ1n) is 10.6. The fraction of sp³-hybridized carbons (Fsp3) is 0.435. The fourth-order valence-electron chi connectivity index (χ4n) is 3.68. The second kappa shape index (κ2) is 10.0. The highest BCUT2D eigenvalue weighted by Gasteiger charge is 2.25. The Bertz CT molecular complexity index is 1100. The summed E-state index contributed by atoms with van der Waals surface area (Å²) in [6.45, 7) is 10.3. The molecule has 0 unspecified atom stereocenters. The second-order valence-corrected chi connectivity index (χ2v) is 11.6. The first kappa shape index (κ1) is 25.9. The van der Waals surface area contributed by atoms with Gasteiger partial charge in [-0.15, -0.1) is 0 Å². The minimum Gasteiger partial charge on any atom is -0.371 e. The molecule has 0 fully saturated rings. The first-order chi connectivity index (χ1) is 14.9. The summed E-state index contributed by atoms with van der Waals surface area (Å²) < 4.78 is 48.8. The lowest BCUT2D eigenvalue weighted by Gasteiger charge is -2.27. The molecule has 32 heavy (non-hydrogen) atoms. The molecular weight excluding hydrogens is 448 g/mol. The van der Waals surface area contributed by atoms with Gasteiger partial charge in [-0.05, 0) is 64.1 Å². The topological polar surface area (TPSA) is 91.8 Å². The van der Waals surface area contributed by atoms with Crippen LogP contribution < -0.4 is 9.80 Å². The van der Waals surface area contributed by atoms with Crippen molar-refractivity contribution in [3.63, 3.8) is 0 Å². The number of ketones is 1. The Morgan fingerprint density at radius 1 is 0.656 bits per heavy atom. The van der Waals surface area contributed by atoms with Crippen LogP contribution in [0.5, 0.6) is 0 Å². The minimum atomic E-state index is -3.54. The van der Waals surface area contributed by atoms with Crippen LogP contribution in [-0.4, -0.2) is 61.3 Å². The molecule has 7 nitrogen and oxygen atoms in total. The van der Waals surface area contributed by atoms with Crippen molar-refractivity contribution in [3.05, 3.63) is 47.5 Å². The number of sulfone groups is 2. The molecule has 0 N–H and O–H groups in total. The van der Waals surface area contributed by atoms with Crippen LogP contribution in [0.1, 0.15) is 43.6 Å². The van der Waals surface area contributed by atoms with Gasteiger partial charge in [-0.1, -0.05) is 0 Å². The number of carbonyl (C=O) groups is 1. The number of rotatable bonds is 10. The van der Waals surface area contributed by atoms with E-state index >= 15 is 0 Å². The molecule has 0 bridgehead atoms. The normalized spacial score (nSPS) is 11.9. The molecular formula is C23H32N2O5S2. The van der Waals surface area contributed by atoms with E-state index < -0.39 is 25.5 Å². The molecule has 176 valence electrons. The van der Waals surface area contributed by atoms with Gasteiger partial charge in [0.05, 0.1) is 9.79 Å². The predicted molar refractivity (Wildman–Crippen MR) is 130 cm³/mol. The van der Waals surface area contributed by atoms with Crippen LogP contribution in [0.2, 0.25) is 0 Å². The van der Waals surface area contributed by atoms with E-state index in [2.05, 4.69) is 0 Å². The molecule has 0 heterocycles. The fourth-order valence-corrected chi connectivity index (χ4v) is 4.97. The monoisotopic (exact) mass is 480 g/mol. The Morgan fingerprint density at radius 2 is 0.969 bits per heavy atom. The van der Waals surface area contributed by atoms with Crippen LogP contribution in [-0.2, 0) is 19.7 Å². The third kappa shape index (κ3) is 5.50. The van der Waals surface area contributed by atoms with Gasteiger partial charge in [-0.2, -0.15) is 0 Å². The van der Waals surface area contributed by atoms with Crippen molar-refractivity contribution in [2.45, 2.75) is 37.5 Å². The lowest BCUT2D eigenvalue weighted by atomic mass is 9.98. The Balaban J connectivity index is 2.87. The molecule has 0 saturated heterocycles. The van der Waals surface area contributed by atoms with Gasteiger partial charge >= 0.3 is 0 Å². The summed E-state index contributed by atoms with van der Waals surface area (Å²) in [5, 5.41) is 0. The van der Waals surface area contributed by atoms with Gasteiger partial charge in [0.2, 0.25) is 0 Å². The zero-order valence-electron chi connectivity index (χ0n) is 19.5. The van der Waals surface area contributed by atoms with Crippen LogP contribution in [0, 0.1) is 0 Å². The summed E-state index contributed by atoms with van der Waals surface area (Å²) in [6, 6.07) is 9.08. The third-order valence-corrected chi connectivity index (χ3v) is 7.71. The van der Waals surface area contributed by atoms with Crippen molar-refractivity contribution < 1.29 is 21.6 Å². The van der Waals surface area contributed by atoms with Gasteiger partial charge in [-0.25, -0.2) is 16.8 Å². The summed E-state index contributed by atoms with van der Waals surface area (Å²) in [5.74, 6) is -0.412. The minimum absolute atomic E-state index is 0.0420. The third-order valence-electron chi connectivity index (χ3n) is 5.49. The average Bonchev–Trinajstić information content (AvgIpc) is 2.74. The summed E-state index contributed by atoms with van der Waals surface area (Å²) in [4.78, 5) is 17.9. The smallest absolute Gasteiger partial charge is 0.197 e. The van der Waals surface area contributed by atoms with Gasteiger partial charge in [0, 0.05) is 61.2 Å². The molecule has 0 radical (unpaired) electrons. The maximum atomic E-state index is 13.9. The van der Waals surface area contributed by atoms with Crippen LogP contribution in [0.3, 0.4) is 0 Å². The number of carbonyl (C=O) groups excluding carboxylic acids is 1. The molecule has 0 amide bonds. The summed E-state index contributed by atoms with van der Waals surface area (Å²) in [5.41, 5.74) is 1.69. The van der Waals surface area contributed by atoms with E-state index in [-0.39, 0.29) is 20.9 Å². The molecule has 0 aliphatic carbocycles. The molecule has 2 aromatic carbocycles. The highest BCUT2D eigenvalue weighted by Crippen LogP contribution is 2.31. The number of anilines is 2. The Hall–Kier alpha value is -2.39. The summed E-state index contributed by atoms with van der Waals surface area (Å²) in [7, 11) is -7.08.